The lowest BCUT2D eigenvalue weighted by molar-refractivity contribution is 1.07. The predicted octanol–water partition coefficient (Wildman–Crippen LogP) is 16.1. The SMILES string of the molecule is N#Cc1ccc(-c2ccc(-c3nc(-c4ccccc4)nc(-c4cccc(-c5cccc(-c6cc7ccc8cccc9c%10cccc%11ccc%12cccc(c(c6)c7c89)c%12c%11%10)c5)c4)n3)cc2)cc1. The van der Waals surface area contributed by atoms with Crippen molar-refractivity contribution >= 4 is 64.6 Å². The van der Waals surface area contributed by atoms with Gasteiger partial charge in [-0.3, -0.25) is 0 Å². The van der Waals surface area contributed by atoms with Gasteiger partial charge in [-0.2, -0.15) is 5.26 Å². The van der Waals surface area contributed by atoms with Crippen molar-refractivity contribution in [3.05, 3.63) is 224 Å². The molecule has 304 valence electrons. The van der Waals surface area contributed by atoms with E-state index in [1.54, 1.807) is 0 Å². The molecule has 0 aliphatic rings. The minimum Gasteiger partial charge on any atom is -0.208 e. The molecule has 4 nitrogen and oxygen atoms in total. The van der Waals surface area contributed by atoms with Gasteiger partial charge in [-0.05, 0) is 134 Å². The Balaban J connectivity index is 0.938. The van der Waals surface area contributed by atoms with Crippen LogP contribution in [0.2, 0.25) is 0 Å². The van der Waals surface area contributed by atoms with Crippen LogP contribution in [0.4, 0.5) is 0 Å². The minimum atomic E-state index is 0.597. The van der Waals surface area contributed by atoms with E-state index in [0.29, 0.717) is 23.0 Å². The van der Waals surface area contributed by atoms with Crippen molar-refractivity contribution in [2.24, 2.45) is 0 Å². The van der Waals surface area contributed by atoms with E-state index < -0.39 is 0 Å². The molecule has 0 atom stereocenters. The topological polar surface area (TPSA) is 62.5 Å². The number of nitriles is 1. The number of rotatable bonds is 6. The number of fused-ring (bicyclic) bond motifs is 2. The van der Waals surface area contributed by atoms with Gasteiger partial charge in [-0.1, -0.05) is 182 Å². The number of nitrogens with zero attached hydrogens (tertiary/aromatic N) is 4. The lowest BCUT2D eigenvalue weighted by atomic mass is 9.86. The Kier molecular flexibility index (Phi) is 8.56. The van der Waals surface area contributed by atoms with E-state index in [4.69, 9.17) is 15.0 Å². The highest BCUT2D eigenvalue weighted by Crippen LogP contribution is 2.45. The van der Waals surface area contributed by atoms with E-state index in [0.717, 1.165) is 44.5 Å². The fourth-order valence-corrected chi connectivity index (χ4v) is 10.1. The first-order valence-corrected chi connectivity index (χ1v) is 22.2. The summed E-state index contributed by atoms with van der Waals surface area (Å²) in [5.41, 5.74) is 9.94. The standard InChI is InChI=1S/C62H36N4/c63-37-38-21-23-39(24-22-38)40-25-30-45(31-26-40)61-64-60(44-9-2-1-3-10-44)65-62(66-61)50-17-5-15-47(34-50)46-14-4-16-48(33-46)51-35-49-32-29-43-12-7-19-53-52-18-6-11-41-27-28-42-13-8-20-54(58(42)56(41)52)55(36-51)59(49)57(43)53/h1-36H. The third kappa shape index (κ3) is 6.18. The van der Waals surface area contributed by atoms with Crippen LogP contribution in [0.15, 0.2) is 218 Å². The van der Waals surface area contributed by atoms with Crippen molar-refractivity contribution < 1.29 is 0 Å². The maximum absolute atomic E-state index is 9.27. The first kappa shape index (κ1) is 37.5. The summed E-state index contributed by atoms with van der Waals surface area (Å²) in [4.78, 5) is 15.2. The Hall–Kier alpha value is -9.04. The van der Waals surface area contributed by atoms with E-state index in [9.17, 15) is 5.26 Å². The monoisotopic (exact) mass is 836 g/mol. The van der Waals surface area contributed by atoms with Crippen molar-refractivity contribution in [3.8, 4) is 73.6 Å². The van der Waals surface area contributed by atoms with Crippen LogP contribution in [-0.4, -0.2) is 15.0 Å². The van der Waals surface area contributed by atoms with Gasteiger partial charge in [0.1, 0.15) is 0 Å². The molecule has 4 heteroatoms. The molecule has 1 aromatic heterocycles. The maximum Gasteiger partial charge on any atom is 0.164 e. The maximum atomic E-state index is 9.27. The highest BCUT2D eigenvalue weighted by molar-refractivity contribution is 6.37. The Bertz CT molecular complexity index is 4090. The quantitative estimate of drug-likeness (QED) is 0.157. The van der Waals surface area contributed by atoms with E-state index >= 15 is 0 Å². The van der Waals surface area contributed by atoms with Gasteiger partial charge in [0, 0.05) is 16.7 Å². The van der Waals surface area contributed by atoms with Crippen LogP contribution in [-0.2, 0) is 0 Å². The Morgan fingerprint density at radius 1 is 0.258 bits per heavy atom. The summed E-state index contributed by atoms with van der Waals surface area (Å²) in [5.74, 6) is 1.81. The third-order valence-corrected chi connectivity index (χ3v) is 13.2. The molecule has 1 heterocycles. The number of aromatic nitrogens is 3. The summed E-state index contributed by atoms with van der Waals surface area (Å²) in [5, 5.41) is 24.5. The highest BCUT2D eigenvalue weighted by Gasteiger charge is 2.18. The first-order valence-electron chi connectivity index (χ1n) is 22.2. The van der Waals surface area contributed by atoms with E-state index in [1.165, 1.54) is 70.2 Å². The molecule has 0 spiro atoms. The Labute approximate surface area is 380 Å². The molecule has 0 radical (unpaired) electrons. The largest absolute Gasteiger partial charge is 0.208 e. The molecule has 0 fully saturated rings. The van der Waals surface area contributed by atoms with Gasteiger partial charge in [-0.15, -0.1) is 0 Å². The highest BCUT2D eigenvalue weighted by atomic mass is 15.0. The zero-order chi connectivity index (χ0) is 43.7. The summed E-state index contributed by atoms with van der Waals surface area (Å²) >= 11 is 0. The molecule has 0 bridgehead atoms. The van der Waals surface area contributed by atoms with Crippen LogP contribution in [0.1, 0.15) is 5.56 Å². The van der Waals surface area contributed by atoms with Crippen molar-refractivity contribution in [1.82, 2.24) is 15.0 Å². The second-order valence-electron chi connectivity index (χ2n) is 17.1. The molecule has 66 heavy (non-hydrogen) atoms. The van der Waals surface area contributed by atoms with Crippen LogP contribution in [0.25, 0.3) is 132 Å². The van der Waals surface area contributed by atoms with Gasteiger partial charge >= 0.3 is 0 Å². The van der Waals surface area contributed by atoms with Crippen LogP contribution in [0.3, 0.4) is 0 Å². The molecule has 0 saturated carbocycles. The van der Waals surface area contributed by atoms with Gasteiger partial charge in [0.2, 0.25) is 0 Å². The van der Waals surface area contributed by atoms with Crippen molar-refractivity contribution in [1.29, 1.82) is 5.26 Å². The number of hydrogen-bond acceptors (Lipinski definition) is 4. The van der Waals surface area contributed by atoms with Gasteiger partial charge < -0.3 is 0 Å². The molecular formula is C62H36N4. The fourth-order valence-electron chi connectivity index (χ4n) is 10.1. The lowest BCUT2D eigenvalue weighted by Crippen LogP contribution is -2.00. The smallest absolute Gasteiger partial charge is 0.164 e. The molecule has 13 rings (SSSR count). The number of benzene rings is 11. The summed E-state index contributed by atoms with van der Waals surface area (Å²) in [6.45, 7) is 0. The molecular weight excluding hydrogens is 801 g/mol. The molecule has 0 aliphatic heterocycles. The summed E-state index contributed by atoms with van der Waals surface area (Å²) in [6, 6.07) is 79.7. The van der Waals surface area contributed by atoms with E-state index in [-0.39, 0.29) is 0 Å². The van der Waals surface area contributed by atoms with Crippen LogP contribution >= 0.6 is 0 Å². The molecule has 12 aromatic carbocycles. The normalized spacial score (nSPS) is 11.6. The Morgan fingerprint density at radius 2 is 0.652 bits per heavy atom. The van der Waals surface area contributed by atoms with Gasteiger partial charge in [-0.25, -0.2) is 15.0 Å². The molecule has 13 aromatic rings. The molecule has 0 N–H and O–H groups in total. The molecule has 0 aliphatic carbocycles. The third-order valence-electron chi connectivity index (χ3n) is 13.2. The average Bonchev–Trinajstić information content (AvgIpc) is 3.39. The zero-order valence-electron chi connectivity index (χ0n) is 35.6. The van der Waals surface area contributed by atoms with Crippen molar-refractivity contribution in [2.45, 2.75) is 0 Å². The summed E-state index contributed by atoms with van der Waals surface area (Å²) < 4.78 is 0. The summed E-state index contributed by atoms with van der Waals surface area (Å²) in [7, 11) is 0. The average molecular weight is 837 g/mol. The zero-order valence-corrected chi connectivity index (χ0v) is 35.6. The fraction of sp³-hybridized carbons (Fsp3) is 0. The molecule has 0 saturated heterocycles. The lowest BCUT2D eigenvalue weighted by Gasteiger charge is -2.17. The van der Waals surface area contributed by atoms with Gasteiger partial charge in [0.05, 0.1) is 11.6 Å². The van der Waals surface area contributed by atoms with Gasteiger partial charge in [0.15, 0.2) is 17.5 Å². The predicted molar refractivity (Wildman–Crippen MR) is 273 cm³/mol. The van der Waals surface area contributed by atoms with Gasteiger partial charge in [0.25, 0.3) is 0 Å². The molecule has 0 unspecified atom stereocenters. The minimum absolute atomic E-state index is 0.597. The second kappa shape index (κ2) is 15.1. The van der Waals surface area contributed by atoms with E-state index in [1.807, 2.05) is 54.6 Å². The summed E-state index contributed by atoms with van der Waals surface area (Å²) in [6.07, 6.45) is 0. The van der Waals surface area contributed by atoms with Crippen molar-refractivity contribution in [2.75, 3.05) is 0 Å². The molecule has 0 amide bonds. The Morgan fingerprint density at radius 3 is 1.21 bits per heavy atom. The van der Waals surface area contributed by atoms with Crippen molar-refractivity contribution in [3.63, 3.8) is 0 Å². The van der Waals surface area contributed by atoms with Crippen LogP contribution in [0, 0.1) is 11.3 Å². The van der Waals surface area contributed by atoms with Crippen LogP contribution < -0.4 is 0 Å². The van der Waals surface area contributed by atoms with E-state index in [2.05, 4.69) is 170 Å². The second-order valence-corrected chi connectivity index (χ2v) is 17.1. The first-order chi connectivity index (χ1) is 32.6. The number of hydrogen-bond donors (Lipinski definition) is 0. The van der Waals surface area contributed by atoms with Crippen LogP contribution in [0.5, 0.6) is 0 Å².